The van der Waals surface area contributed by atoms with Gasteiger partial charge in [-0.1, -0.05) is 29.8 Å². The predicted molar refractivity (Wildman–Crippen MR) is 105 cm³/mol. The summed E-state index contributed by atoms with van der Waals surface area (Å²) in [5.74, 6) is 0.141. The average molecular weight is 378 g/mol. The minimum absolute atomic E-state index is 0.195. The van der Waals surface area contributed by atoms with E-state index >= 15 is 0 Å². The summed E-state index contributed by atoms with van der Waals surface area (Å²) in [6.45, 7) is 3.97. The molecule has 4 rings (SSSR count). The summed E-state index contributed by atoms with van der Waals surface area (Å²) in [5.41, 5.74) is 4.42. The van der Waals surface area contributed by atoms with Crippen LogP contribution in [0.3, 0.4) is 0 Å². The zero-order chi connectivity index (χ0) is 19.0. The van der Waals surface area contributed by atoms with Gasteiger partial charge in [0.2, 0.25) is 5.78 Å². The third kappa shape index (κ3) is 3.38. The fraction of sp³-hybridized carbons (Fsp3) is 0.182. The largest absolute Gasteiger partial charge is 0.488 e. The molecule has 3 aromatic rings. The van der Waals surface area contributed by atoms with Crippen LogP contribution in [0.2, 0.25) is 0 Å². The first kappa shape index (κ1) is 17.5. The maximum absolute atomic E-state index is 12.5. The van der Waals surface area contributed by atoms with Gasteiger partial charge in [0, 0.05) is 21.6 Å². The molecular weight excluding hydrogens is 360 g/mol. The lowest BCUT2D eigenvalue weighted by Gasteiger charge is -2.16. The van der Waals surface area contributed by atoms with Crippen molar-refractivity contribution in [3.63, 3.8) is 0 Å². The highest BCUT2D eigenvalue weighted by atomic mass is 32.1. The SMILES string of the molecule is Cc1ccc(C)c(C(=O)COC(=O)c2cc3c(s2)-c2ccccc2OC3)c1. The van der Waals surface area contributed by atoms with Crippen molar-refractivity contribution in [3.05, 3.63) is 75.7 Å². The maximum Gasteiger partial charge on any atom is 0.348 e. The number of rotatable bonds is 4. The van der Waals surface area contributed by atoms with E-state index < -0.39 is 5.97 Å². The molecule has 136 valence electrons. The van der Waals surface area contributed by atoms with Gasteiger partial charge in [0.05, 0.1) is 0 Å². The van der Waals surface area contributed by atoms with Crippen molar-refractivity contribution in [1.82, 2.24) is 0 Å². The number of esters is 1. The number of ketones is 1. The number of para-hydroxylation sites is 1. The first-order valence-electron chi connectivity index (χ1n) is 8.65. The summed E-state index contributed by atoms with van der Waals surface area (Å²) in [6.07, 6.45) is 0. The molecule has 0 unspecified atom stereocenters. The van der Waals surface area contributed by atoms with Crippen LogP contribution < -0.4 is 4.74 Å². The summed E-state index contributed by atoms with van der Waals surface area (Å²) in [4.78, 5) is 26.4. The number of benzene rings is 2. The van der Waals surface area contributed by atoms with Crippen LogP contribution in [0.1, 0.15) is 36.7 Å². The maximum atomic E-state index is 12.5. The van der Waals surface area contributed by atoms with Gasteiger partial charge in [0.25, 0.3) is 0 Å². The van der Waals surface area contributed by atoms with Crippen LogP contribution in [-0.2, 0) is 11.3 Å². The summed E-state index contributed by atoms with van der Waals surface area (Å²) in [6, 6.07) is 15.2. The van der Waals surface area contributed by atoms with Crippen LogP contribution in [-0.4, -0.2) is 18.4 Å². The molecule has 0 fully saturated rings. The van der Waals surface area contributed by atoms with E-state index in [1.807, 2.05) is 56.3 Å². The van der Waals surface area contributed by atoms with E-state index in [-0.39, 0.29) is 12.4 Å². The molecule has 2 aromatic carbocycles. The van der Waals surface area contributed by atoms with Crippen LogP contribution in [0.15, 0.2) is 48.5 Å². The average Bonchev–Trinajstić information content (AvgIpc) is 3.12. The molecule has 1 aliphatic heterocycles. The number of carbonyl (C=O) groups excluding carboxylic acids is 2. The first-order valence-corrected chi connectivity index (χ1v) is 9.47. The summed E-state index contributed by atoms with van der Waals surface area (Å²) in [5, 5.41) is 0. The van der Waals surface area contributed by atoms with Gasteiger partial charge in [0.15, 0.2) is 6.61 Å². The van der Waals surface area contributed by atoms with Crippen molar-refractivity contribution in [2.24, 2.45) is 0 Å². The minimum atomic E-state index is -0.481. The number of ether oxygens (including phenoxy) is 2. The number of carbonyl (C=O) groups is 2. The van der Waals surface area contributed by atoms with Crippen molar-refractivity contribution in [3.8, 4) is 16.2 Å². The molecule has 0 amide bonds. The van der Waals surface area contributed by atoms with Gasteiger partial charge in [-0.25, -0.2) is 4.79 Å². The fourth-order valence-electron chi connectivity index (χ4n) is 3.12. The zero-order valence-electron chi connectivity index (χ0n) is 15.1. The monoisotopic (exact) mass is 378 g/mol. The van der Waals surface area contributed by atoms with Gasteiger partial charge in [0.1, 0.15) is 17.2 Å². The Morgan fingerprint density at radius 3 is 2.78 bits per heavy atom. The normalized spacial score (nSPS) is 11.9. The number of hydrogen-bond donors (Lipinski definition) is 0. The van der Waals surface area contributed by atoms with E-state index in [4.69, 9.17) is 9.47 Å². The highest BCUT2D eigenvalue weighted by molar-refractivity contribution is 7.17. The molecule has 2 heterocycles. The van der Waals surface area contributed by atoms with Crippen LogP contribution in [0.5, 0.6) is 5.75 Å². The second-order valence-electron chi connectivity index (χ2n) is 6.57. The first-order chi connectivity index (χ1) is 13.0. The molecule has 0 bridgehead atoms. The van der Waals surface area contributed by atoms with Gasteiger partial charge in [-0.15, -0.1) is 11.3 Å². The van der Waals surface area contributed by atoms with Crippen molar-refractivity contribution in [2.45, 2.75) is 20.5 Å². The molecule has 0 spiro atoms. The molecule has 0 atom stereocenters. The minimum Gasteiger partial charge on any atom is -0.488 e. The fourth-order valence-corrected chi connectivity index (χ4v) is 4.21. The zero-order valence-corrected chi connectivity index (χ0v) is 15.9. The third-order valence-corrected chi connectivity index (χ3v) is 5.74. The lowest BCUT2D eigenvalue weighted by molar-refractivity contribution is 0.0479. The van der Waals surface area contributed by atoms with Gasteiger partial charge < -0.3 is 9.47 Å². The van der Waals surface area contributed by atoms with Crippen LogP contribution >= 0.6 is 11.3 Å². The Kier molecular flexibility index (Phi) is 4.54. The number of hydrogen-bond acceptors (Lipinski definition) is 5. The second kappa shape index (κ2) is 7.00. The van der Waals surface area contributed by atoms with Gasteiger partial charge in [-0.05, 0) is 43.7 Å². The Hall–Kier alpha value is -2.92. The van der Waals surface area contributed by atoms with Crippen LogP contribution in [0.25, 0.3) is 10.4 Å². The van der Waals surface area contributed by atoms with Crippen molar-refractivity contribution in [2.75, 3.05) is 6.61 Å². The van der Waals surface area contributed by atoms with Crippen LogP contribution in [0.4, 0.5) is 0 Å². The lowest BCUT2D eigenvalue weighted by Crippen LogP contribution is -2.14. The van der Waals surface area contributed by atoms with Crippen molar-refractivity contribution in [1.29, 1.82) is 0 Å². The molecular formula is C22H18O4S. The van der Waals surface area contributed by atoms with E-state index in [0.29, 0.717) is 17.0 Å². The highest BCUT2D eigenvalue weighted by Gasteiger charge is 2.23. The Bertz CT molecular complexity index is 1050. The number of Topliss-reactive ketones (excluding diaryl/α,β-unsaturated/α-hetero) is 1. The van der Waals surface area contributed by atoms with E-state index in [9.17, 15) is 9.59 Å². The Balaban J connectivity index is 1.50. The molecule has 27 heavy (non-hydrogen) atoms. The number of aryl methyl sites for hydroxylation is 2. The standard InChI is InChI=1S/C22H18O4S/c1-13-7-8-14(2)17(9-13)18(23)12-26-22(24)20-10-15-11-25-19-6-4-3-5-16(19)21(15)27-20/h3-10H,11-12H2,1-2H3. The molecule has 0 radical (unpaired) electrons. The van der Waals surface area contributed by atoms with Gasteiger partial charge >= 0.3 is 5.97 Å². The van der Waals surface area contributed by atoms with Gasteiger partial charge in [-0.3, -0.25) is 4.79 Å². The van der Waals surface area contributed by atoms with E-state index in [0.717, 1.165) is 32.9 Å². The summed E-state index contributed by atoms with van der Waals surface area (Å²) < 4.78 is 11.0. The molecule has 4 nitrogen and oxygen atoms in total. The highest BCUT2D eigenvalue weighted by Crippen LogP contribution is 2.42. The molecule has 1 aromatic heterocycles. The van der Waals surface area contributed by atoms with E-state index in [2.05, 4.69) is 0 Å². The van der Waals surface area contributed by atoms with Gasteiger partial charge in [-0.2, -0.15) is 0 Å². The third-order valence-electron chi connectivity index (χ3n) is 4.55. The lowest BCUT2D eigenvalue weighted by atomic mass is 10.0. The van der Waals surface area contributed by atoms with Crippen molar-refractivity contribution >= 4 is 23.1 Å². The number of thiophene rings is 1. The second-order valence-corrected chi connectivity index (χ2v) is 7.62. The van der Waals surface area contributed by atoms with E-state index in [1.54, 1.807) is 6.07 Å². The molecule has 5 heteroatoms. The summed E-state index contributed by atoms with van der Waals surface area (Å²) in [7, 11) is 0. The Labute approximate surface area is 161 Å². The topological polar surface area (TPSA) is 52.6 Å². The van der Waals surface area contributed by atoms with Crippen molar-refractivity contribution < 1.29 is 19.1 Å². The Morgan fingerprint density at radius 1 is 1.11 bits per heavy atom. The molecule has 1 aliphatic rings. The molecule has 0 N–H and O–H groups in total. The molecule has 0 aliphatic carbocycles. The summed E-state index contributed by atoms with van der Waals surface area (Å²) >= 11 is 1.37. The molecule has 0 saturated carbocycles. The predicted octanol–water partition coefficient (Wildman–Crippen LogP) is 4.96. The van der Waals surface area contributed by atoms with Crippen LogP contribution in [0, 0.1) is 13.8 Å². The molecule has 0 saturated heterocycles. The number of fused-ring (bicyclic) bond motifs is 3. The quantitative estimate of drug-likeness (QED) is 0.475. The van der Waals surface area contributed by atoms with E-state index in [1.165, 1.54) is 11.3 Å². The Morgan fingerprint density at radius 2 is 1.93 bits per heavy atom. The smallest absolute Gasteiger partial charge is 0.348 e.